The Hall–Kier alpha value is -2.51. The Kier molecular flexibility index (Phi) is 6.43. The summed E-state index contributed by atoms with van der Waals surface area (Å²) in [6, 6.07) is 1.59. The van der Waals surface area contributed by atoms with E-state index in [-0.39, 0.29) is 6.61 Å². The van der Waals surface area contributed by atoms with Crippen molar-refractivity contribution in [2.45, 2.75) is 25.8 Å². The molecule has 1 rings (SSSR count). The molecule has 0 saturated heterocycles. The van der Waals surface area contributed by atoms with Gasteiger partial charge in [-0.2, -0.15) is 0 Å². The summed E-state index contributed by atoms with van der Waals surface area (Å²) in [7, 11) is 0. The van der Waals surface area contributed by atoms with Crippen LogP contribution in [0, 0.1) is 11.6 Å². The lowest BCUT2D eigenvalue weighted by atomic mass is 10.1. The number of carboxylic acids is 1. The van der Waals surface area contributed by atoms with Crippen LogP contribution < -0.4 is 5.32 Å². The molecule has 2 N–H and O–H groups in total. The summed E-state index contributed by atoms with van der Waals surface area (Å²) < 4.78 is 31.4. The van der Waals surface area contributed by atoms with Crippen LogP contribution in [-0.2, 0) is 25.5 Å². The lowest BCUT2D eigenvalue weighted by Gasteiger charge is -2.14. The largest absolute Gasteiger partial charge is 0.480 e. The molecule has 120 valence electrons. The molecule has 1 amide bonds. The van der Waals surface area contributed by atoms with Crippen molar-refractivity contribution in [3.05, 3.63) is 35.4 Å². The first kappa shape index (κ1) is 17.5. The Morgan fingerprint density at radius 3 is 2.36 bits per heavy atom. The summed E-state index contributed by atoms with van der Waals surface area (Å²) in [5.41, 5.74) is -0.472. The number of benzene rings is 1. The maximum Gasteiger partial charge on any atom is 0.326 e. The highest BCUT2D eigenvalue weighted by molar-refractivity contribution is 5.88. The highest BCUT2D eigenvalue weighted by Gasteiger charge is 2.25. The van der Waals surface area contributed by atoms with Crippen molar-refractivity contribution < 1.29 is 33.0 Å². The SMILES string of the molecule is CCOC(=O)C[C@H](NC(=O)Cc1c(F)cccc1F)C(=O)O. The van der Waals surface area contributed by atoms with Crippen molar-refractivity contribution in [3.8, 4) is 0 Å². The van der Waals surface area contributed by atoms with Gasteiger partial charge in [-0.15, -0.1) is 0 Å². The van der Waals surface area contributed by atoms with Gasteiger partial charge in [-0.25, -0.2) is 13.6 Å². The average molecular weight is 315 g/mol. The summed E-state index contributed by atoms with van der Waals surface area (Å²) in [5, 5.41) is 11.0. The molecule has 0 aromatic heterocycles. The fourth-order valence-electron chi connectivity index (χ4n) is 1.69. The number of amides is 1. The number of hydrogen-bond donors (Lipinski definition) is 2. The van der Waals surface area contributed by atoms with E-state index in [4.69, 9.17) is 5.11 Å². The minimum atomic E-state index is -1.53. The molecule has 0 unspecified atom stereocenters. The van der Waals surface area contributed by atoms with Gasteiger partial charge in [-0.1, -0.05) is 6.07 Å². The van der Waals surface area contributed by atoms with E-state index >= 15 is 0 Å². The van der Waals surface area contributed by atoms with Crippen LogP contribution in [0.25, 0.3) is 0 Å². The molecule has 0 fully saturated rings. The number of carbonyl (C=O) groups excluding carboxylic acids is 2. The van der Waals surface area contributed by atoms with Crippen LogP contribution in [0.3, 0.4) is 0 Å². The zero-order valence-electron chi connectivity index (χ0n) is 11.8. The van der Waals surface area contributed by atoms with E-state index in [9.17, 15) is 23.2 Å². The average Bonchev–Trinajstić information content (AvgIpc) is 2.42. The number of aliphatic carboxylic acids is 1. The molecule has 1 atom stereocenters. The Balaban J connectivity index is 2.72. The second-order valence-electron chi connectivity index (χ2n) is 4.34. The van der Waals surface area contributed by atoms with Crippen molar-refractivity contribution in [2.75, 3.05) is 6.61 Å². The summed E-state index contributed by atoms with van der Waals surface area (Å²) >= 11 is 0. The topological polar surface area (TPSA) is 92.7 Å². The first-order valence-electron chi connectivity index (χ1n) is 6.45. The number of ether oxygens (including phenoxy) is 1. The highest BCUT2D eigenvalue weighted by Crippen LogP contribution is 2.12. The van der Waals surface area contributed by atoms with Crippen LogP contribution in [0.1, 0.15) is 18.9 Å². The first-order chi connectivity index (χ1) is 10.3. The van der Waals surface area contributed by atoms with Crippen LogP contribution in [0.4, 0.5) is 8.78 Å². The van der Waals surface area contributed by atoms with Crippen LogP contribution in [-0.4, -0.2) is 35.6 Å². The second-order valence-corrected chi connectivity index (χ2v) is 4.34. The van der Waals surface area contributed by atoms with Gasteiger partial charge in [0.05, 0.1) is 19.4 Å². The van der Waals surface area contributed by atoms with E-state index in [2.05, 4.69) is 4.74 Å². The lowest BCUT2D eigenvalue weighted by Crippen LogP contribution is -2.43. The minimum Gasteiger partial charge on any atom is -0.480 e. The Bertz CT molecular complexity index is 556. The number of carboxylic acid groups (broad SMARTS) is 1. The number of rotatable bonds is 7. The van der Waals surface area contributed by atoms with Gasteiger partial charge in [-0.3, -0.25) is 9.59 Å². The van der Waals surface area contributed by atoms with Gasteiger partial charge in [0.1, 0.15) is 17.7 Å². The Labute approximate surface area is 125 Å². The maximum absolute atomic E-state index is 13.4. The number of nitrogens with one attached hydrogen (secondary N) is 1. The lowest BCUT2D eigenvalue weighted by molar-refractivity contribution is -0.150. The van der Waals surface area contributed by atoms with Crippen LogP contribution in [0.15, 0.2) is 18.2 Å². The zero-order chi connectivity index (χ0) is 16.7. The van der Waals surface area contributed by atoms with E-state index in [0.29, 0.717) is 0 Å². The van der Waals surface area contributed by atoms with Crippen molar-refractivity contribution in [1.82, 2.24) is 5.32 Å². The van der Waals surface area contributed by atoms with E-state index in [1.54, 1.807) is 6.92 Å². The fourth-order valence-corrected chi connectivity index (χ4v) is 1.69. The van der Waals surface area contributed by atoms with E-state index in [1.165, 1.54) is 0 Å². The summed E-state index contributed by atoms with van der Waals surface area (Å²) in [4.78, 5) is 34.0. The molecule has 1 aromatic carbocycles. The summed E-state index contributed by atoms with van der Waals surface area (Å²) in [5.74, 6) is -4.98. The molecule has 0 aliphatic heterocycles. The molecule has 0 aliphatic carbocycles. The molecule has 22 heavy (non-hydrogen) atoms. The van der Waals surface area contributed by atoms with Crippen LogP contribution in [0.2, 0.25) is 0 Å². The predicted molar refractivity (Wildman–Crippen MR) is 70.9 cm³/mol. The third kappa shape index (κ3) is 5.12. The molecule has 0 spiro atoms. The first-order valence-corrected chi connectivity index (χ1v) is 6.45. The van der Waals surface area contributed by atoms with Gasteiger partial charge in [0.25, 0.3) is 0 Å². The van der Waals surface area contributed by atoms with E-state index < -0.39 is 53.9 Å². The molecule has 1 aromatic rings. The molecule has 0 aliphatic rings. The van der Waals surface area contributed by atoms with Crippen LogP contribution >= 0.6 is 0 Å². The molecule has 0 radical (unpaired) electrons. The van der Waals surface area contributed by atoms with Crippen LogP contribution in [0.5, 0.6) is 0 Å². The number of halogens is 2. The van der Waals surface area contributed by atoms with Gasteiger partial charge in [0, 0.05) is 5.56 Å². The van der Waals surface area contributed by atoms with E-state index in [0.717, 1.165) is 18.2 Å². The molecular weight excluding hydrogens is 300 g/mol. The number of carbonyl (C=O) groups is 3. The molecule has 0 heterocycles. The zero-order valence-corrected chi connectivity index (χ0v) is 11.8. The third-order valence-corrected chi connectivity index (χ3v) is 2.71. The molecule has 8 heteroatoms. The van der Waals surface area contributed by atoms with Crippen molar-refractivity contribution >= 4 is 17.8 Å². The minimum absolute atomic E-state index is 0.0690. The monoisotopic (exact) mass is 315 g/mol. The third-order valence-electron chi connectivity index (χ3n) is 2.71. The predicted octanol–water partition coefficient (Wildman–Crippen LogP) is 1.03. The summed E-state index contributed by atoms with van der Waals surface area (Å²) in [6.45, 7) is 1.62. The van der Waals surface area contributed by atoms with Gasteiger partial charge in [0.15, 0.2) is 0 Å². The number of hydrogen-bond acceptors (Lipinski definition) is 4. The van der Waals surface area contributed by atoms with Gasteiger partial charge >= 0.3 is 11.9 Å². The van der Waals surface area contributed by atoms with Crippen molar-refractivity contribution in [1.29, 1.82) is 0 Å². The molecule has 6 nitrogen and oxygen atoms in total. The summed E-state index contributed by atoms with van der Waals surface area (Å²) in [6.07, 6.45) is -1.25. The maximum atomic E-state index is 13.4. The Morgan fingerprint density at radius 2 is 1.86 bits per heavy atom. The fraction of sp³-hybridized carbons (Fsp3) is 0.357. The highest BCUT2D eigenvalue weighted by atomic mass is 19.1. The number of esters is 1. The molecule has 0 bridgehead atoms. The Morgan fingerprint density at radius 1 is 1.27 bits per heavy atom. The quantitative estimate of drug-likeness (QED) is 0.733. The smallest absolute Gasteiger partial charge is 0.326 e. The van der Waals surface area contributed by atoms with Crippen molar-refractivity contribution in [3.63, 3.8) is 0 Å². The van der Waals surface area contributed by atoms with Gasteiger partial charge in [0.2, 0.25) is 5.91 Å². The van der Waals surface area contributed by atoms with Gasteiger partial charge in [-0.05, 0) is 19.1 Å². The molecular formula is C14H15F2NO5. The van der Waals surface area contributed by atoms with Gasteiger partial charge < -0.3 is 15.2 Å². The second kappa shape index (κ2) is 8.06. The van der Waals surface area contributed by atoms with Crippen molar-refractivity contribution in [2.24, 2.45) is 0 Å². The normalized spacial score (nSPS) is 11.6. The standard InChI is InChI=1S/C14H15F2NO5/c1-2-22-13(19)7-11(14(20)21)17-12(18)6-8-9(15)4-3-5-10(8)16/h3-5,11H,2,6-7H2,1H3,(H,17,18)(H,20,21)/t11-/m0/s1. The van der Waals surface area contributed by atoms with E-state index in [1.807, 2.05) is 5.32 Å². The molecule has 0 saturated carbocycles.